The van der Waals surface area contributed by atoms with Gasteiger partial charge in [0.25, 0.3) is 0 Å². The van der Waals surface area contributed by atoms with Gasteiger partial charge >= 0.3 is 6.35 Å². The molecule has 5 rings (SSSR count). The Morgan fingerprint density at radius 2 is 1.06 bits per heavy atom. The molecule has 31 heavy (non-hydrogen) atoms. The predicted octanol–water partition coefficient (Wildman–Crippen LogP) is 5.40. The summed E-state index contributed by atoms with van der Waals surface area (Å²) < 4.78 is 3.61. The van der Waals surface area contributed by atoms with Gasteiger partial charge in [-0.2, -0.15) is 0 Å². The van der Waals surface area contributed by atoms with Crippen molar-refractivity contribution in [2.24, 2.45) is 0 Å². The Labute approximate surface area is 185 Å². The van der Waals surface area contributed by atoms with Gasteiger partial charge in [-0.25, -0.2) is 0 Å². The number of rotatable bonds is 4. The van der Waals surface area contributed by atoms with E-state index in [2.05, 4.69) is 134 Å². The Morgan fingerprint density at radius 3 is 1.58 bits per heavy atom. The molecule has 2 heteroatoms. The monoisotopic (exact) mass is 402 g/mol. The van der Waals surface area contributed by atoms with Gasteiger partial charge in [0, 0.05) is 5.57 Å². The molecule has 0 aromatic heterocycles. The lowest BCUT2D eigenvalue weighted by Crippen LogP contribution is -2.64. The van der Waals surface area contributed by atoms with Gasteiger partial charge in [0.2, 0.25) is 0 Å². The van der Waals surface area contributed by atoms with Crippen molar-refractivity contribution in [2.75, 3.05) is 13.7 Å². The summed E-state index contributed by atoms with van der Waals surface area (Å²) in [5.74, 6) is 0. The van der Waals surface area contributed by atoms with Crippen LogP contribution < -0.4 is 10.9 Å². The van der Waals surface area contributed by atoms with E-state index in [0.29, 0.717) is 0 Å². The second-order valence-corrected chi connectivity index (χ2v) is 8.57. The fourth-order valence-electron chi connectivity index (χ4n) is 5.34. The molecule has 152 valence electrons. The Hall–Kier alpha value is -3.36. The highest BCUT2D eigenvalue weighted by Gasteiger charge is 2.51. The Kier molecular flexibility index (Phi) is 5.09. The standard InChI is InChI=1S/C29H27BO/c1-23-18-20-24(21-19-23)28-22-31(2)30(26-14-8-4-9-15-26,27-16-10-5-11-17-27)29(28)25-12-6-3-7-13-25/h3-21H,22H2,1-2H3. The van der Waals surface area contributed by atoms with Crippen LogP contribution in [0.4, 0.5) is 0 Å². The van der Waals surface area contributed by atoms with Gasteiger partial charge in [-0.05, 0) is 12.5 Å². The Bertz CT molecular complexity index is 1160. The molecular formula is C29H27BO. The van der Waals surface area contributed by atoms with Crippen molar-refractivity contribution in [3.63, 3.8) is 0 Å². The molecule has 0 bridgehead atoms. The van der Waals surface area contributed by atoms with E-state index >= 15 is 0 Å². The van der Waals surface area contributed by atoms with Crippen molar-refractivity contribution in [3.05, 3.63) is 132 Å². The van der Waals surface area contributed by atoms with E-state index in [4.69, 9.17) is 0 Å². The van der Waals surface area contributed by atoms with Crippen molar-refractivity contribution in [1.82, 2.24) is 0 Å². The van der Waals surface area contributed by atoms with E-state index in [1.54, 1.807) is 0 Å². The fourth-order valence-corrected chi connectivity index (χ4v) is 5.34. The van der Waals surface area contributed by atoms with Crippen molar-refractivity contribution in [1.29, 1.82) is 0 Å². The molecule has 1 heterocycles. The van der Waals surface area contributed by atoms with Crippen LogP contribution in [0, 0.1) is 6.92 Å². The van der Waals surface area contributed by atoms with Crippen LogP contribution in [0.25, 0.3) is 11.0 Å². The summed E-state index contributed by atoms with van der Waals surface area (Å²) in [6.45, 7) is 2.98. The molecule has 0 saturated heterocycles. The van der Waals surface area contributed by atoms with E-state index in [1.165, 1.54) is 38.7 Å². The van der Waals surface area contributed by atoms with Crippen molar-refractivity contribution >= 4 is 28.3 Å². The highest BCUT2D eigenvalue weighted by atomic mass is 16.6. The van der Waals surface area contributed by atoms with E-state index in [1.807, 2.05) is 0 Å². The zero-order valence-electron chi connectivity index (χ0n) is 18.2. The smallest absolute Gasteiger partial charge is 0.378 e. The quantitative estimate of drug-likeness (QED) is 0.318. The van der Waals surface area contributed by atoms with E-state index < -0.39 is 6.35 Å². The van der Waals surface area contributed by atoms with Gasteiger partial charge in [-0.1, -0.05) is 132 Å². The highest BCUT2D eigenvalue weighted by molar-refractivity contribution is 7.13. The van der Waals surface area contributed by atoms with Crippen LogP contribution in [0.15, 0.2) is 115 Å². The number of benzene rings is 4. The molecule has 1 aliphatic rings. The summed E-state index contributed by atoms with van der Waals surface area (Å²) in [6.07, 6.45) is -1.36. The van der Waals surface area contributed by atoms with Gasteiger partial charge in [0.05, 0.1) is 7.11 Å². The summed E-state index contributed by atoms with van der Waals surface area (Å²) in [6, 6.07) is 41.8. The van der Waals surface area contributed by atoms with Crippen LogP contribution in [0.1, 0.15) is 16.7 Å². The van der Waals surface area contributed by atoms with Gasteiger partial charge < -0.3 is 4.28 Å². The van der Waals surface area contributed by atoms with E-state index in [9.17, 15) is 0 Å². The lowest BCUT2D eigenvalue weighted by atomic mass is 9.27. The minimum atomic E-state index is -1.36. The van der Waals surface area contributed by atoms with Crippen molar-refractivity contribution in [2.45, 2.75) is 6.92 Å². The Balaban J connectivity index is 1.89. The summed E-state index contributed by atoms with van der Waals surface area (Å²) in [5, 5.41) is 0. The molecule has 4 aromatic rings. The predicted molar refractivity (Wildman–Crippen MR) is 134 cm³/mol. The highest BCUT2D eigenvalue weighted by Crippen LogP contribution is 2.43. The minimum Gasteiger partial charge on any atom is -0.659 e. The molecule has 0 atom stereocenters. The lowest BCUT2D eigenvalue weighted by Gasteiger charge is -2.43. The third kappa shape index (κ3) is 3.24. The van der Waals surface area contributed by atoms with Crippen LogP contribution in [0.5, 0.6) is 0 Å². The molecule has 0 fully saturated rings. The Morgan fingerprint density at radius 1 is 0.581 bits per heavy atom. The zero-order valence-corrected chi connectivity index (χ0v) is 18.2. The first-order valence-electron chi connectivity index (χ1n) is 11.0. The maximum absolute atomic E-state index is 3.61. The van der Waals surface area contributed by atoms with Gasteiger partial charge in [-0.15, -0.1) is 10.9 Å². The van der Waals surface area contributed by atoms with Crippen LogP contribution in [0.3, 0.4) is 0 Å². The molecule has 0 N–H and O–H groups in total. The molecule has 0 amide bonds. The zero-order chi connectivity index (χ0) is 21.3. The summed E-state index contributed by atoms with van der Waals surface area (Å²) in [5.41, 5.74) is 9.28. The molecule has 1 aliphatic heterocycles. The van der Waals surface area contributed by atoms with Crippen molar-refractivity contribution in [3.8, 4) is 0 Å². The molecule has 0 spiro atoms. The first-order valence-corrected chi connectivity index (χ1v) is 11.0. The molecule has 0 aliphatic carbocycles. The SMILES string of the molecule is Cc1ccc(C2=C(c3ccccc3)[B-](c3ccccc3)(c3ccccc3)[O+](C)C2)cc1. The van der Waals surface area contributed by atoms with E-state index in [-0.39, 0.29) is 0 Å². The van der Waals surface area contributed by atoms with Gasteiger partial charge in [0.1, 0.15) is 6.61 Å². The topological polar surface area (TPSA) is 2.70 Å². The number of hydrogen-bond donors (Lipinski definition) is 0. The summed E-state index contributed by atoms with van der Waals surface area (Å²) in [4.78, 5) is 0. The third-order valence-electron chi connectivity index (χ3n) is 6.73. The van der Waals surface area contributed by atoms with E-state index in [0.717, 1.165) is 6.61 Å². The summed E-state index contributed by atoms with van der Waals surface area (Å²) in [7, 11) is 2.20. The maximum atomic E-state index is 3.61. The molecule has 4 aromatic carbocycles. The van der Waals surface area contributed by atoms with Crippen LogP contribution in [-0.2, 0) is 4.28 Å². The second-order valence-electron chi connectivity index (χ2n) is 8.57. The fraction of sp³-hybridized carbons (Fsp3) is 0.103. The van der Waals surface area contributed by atoms with Crippen LogP contribution in [-0.4, -0.2) is 20.1 Å². The molecule has 1 nitrogen and oxygen atoms in total. The van der Waals surface area contributed by atoms with Crippen LogP contribution >= 0.6 is 0 Å². The molecule has 0 saturated carbocycles. The summed E-state index contributed by atoms with van der Waals surface area (Å²) >= 11 is 0. The maximum Gasteiger partial charge on any atom is 0.378 e. The minimum absolute atomic E-state index is 0.830. The largest absolute Gasteiger partial charge is 0.659 e. The van der Waals surface area contributed by atoms with Gasteiger partial charge in [-0.3, -0.25) is 0 Å². The lowest BCUT2D eigenvalue weighted by molar-refractivity contribution is 0.0930. The average molecular weight is 402 g/mol. The second kappa shape index (κ2) is 8.05. The number of aryl methyl sites for hydroxylation is 1. The first-order chi connectivity index (χ1) is 15.2. The molecule has 0 unspecified atom stereocenters. The number of hydrogen-bond acceptors (Lipinski definition) is 0. The van der Waals surface area contributed by atoms with Crippen LogP contribution in [0.2, 0.25) is 0 Å². The van der Waals surface area contributed by atoms with Gasteiger partial charge in [0.15, 0.2) is 0 Å². The average Bonchev–Trinajstić information content (AvgIpc) is 3.15. The van der Waals surface area contributed by atoms with Crippen molar-refractivity contribution < 1.29 is 4.28 Å². The molecule has 0 radical (unpaired) electrons. The molecular weight excluding hydrogens is 375 g/mol. The first kappa shape index (κ1) is 19.6. The normalized spacial score (nSPS) is 15.9. The third-order valence-corrected chi connectivity index (χ3v) is 6.73.